The lowest BCUT2D eigenvalue weighted by Gasteiger charge is -2.47. The molecule has 13 heavy (non-hydrogen) atoms. The van der Waals surface area contributed by atoms with E-state index in [1.807, 2.05) is 0 Å². The van der Waals surface area contributed by atoms with Crippen LogP contribution >= 0.6 is 0 Å². The summed E-state index contributed by atoms with van der Waals surface area (Å²) in [5.41, 5.74) is 0.439. The van der Waals surface area contributed by atoms with Gasteiger partial charge in [-0.2, -0.15) is 0 Å². The van der Waals surface area contributed by atoms with E-state index in [-0.39, 0.29) is 0 Å². The molecule has 0 amide bonds. The number of nitrogens with zero attached hydrogens (tertiary/aromatic N) is 1. The third kappa shape index (κ3) is 1.62. The first kappa shape index (κ1) is 9.47. The van der Waals surface area contributed by atoms with Gasteiger partial charge in [0.15, 0.2) is 0 Å². The molecule has 0 saturated carbocycles. The van der Waals surface area contributed by atoms with Crippen molar-refractivity contribution in [3.8, 4) is 0 Å². The molecule has 0 aliphatic carbocycles. The summed E-state index contributed by atoms with van der Waals surface area (Å²) in [6.07, 6.45) is 6.88. The van der Waals surface area contributed by atoms with Crippen LogP contribution in [0.4, 0.5) is 0 Å². The van der Waals surface area contributed by atoms with Gasteiger partial charge < -0.3 is 5.32 Å². The molecule has 2 heteroatoms. The van der Waals surface area contributed by atoms with Crippen molar-refractivity contribution in [2.75, 3.05) is 20.1 Å². The van der Waals surface area contributed by atoms with E-state index in [0.717, 1.165) is 6.04 Å². The van der Waals surface area contributed by atoms with Gasteiger partial charge in [-0.1, -0.05) is 6.42 Å². The van der Waals surface area contributed by atoms with Crippen molar-refractivity contribution in [2.24, 2.45) is 0 Å². The van der Waals surface area contributed by atoms with Crippen LogP contribution in [-0.2, 0) is 0 Å². The minimum absolute atomic E-state index is 0.439. The summed E-state index contributed by atoms with van der Waals surface area (Å²) < 4.78 is 0. The molecular formula is C11H22N2. The fourth-order valence-electron chi connectivity index (χ4n) is 2.94. The van der Waals surface area contributed by atoms with Gasteiger partial charge >= 0.3 is 0 Å². The summed E-state index contributed by atoms with van der Waals surface area (Å²) in [7, 11) is 2.30. The molecule has 2 nitrogen and oxygen atoms in total. The summed E-state index contributed by atoms with van der Waals surface area (Å²) in [5.74, 6) is 0. The van der Waals surface area contributed by atoms with E-state index in [4.69, 9.17) is 0 Å². The molecule has 2 aliphatic rings. The normalized spacial score (nSPS) is 42.5. The van der Waals surface area contributed by atoms with E-state index < -0.39 is 0 Å². The highest BCUT2D eigenvalue weighted by Crippen LogP contribution is 2.32. The summed E-state index contributed by atoms with van der Waals surface area (Å²) in [4.78, 5) is 2.58. The first-order valence-corrected chi connectivity index (χ1v) is 5.68. The number of nitrogens with one attached hydrogen (secondary N) is 1. The predicted octanol–water partition coefficient (Wildman–Crippen LogP) is 1.61. The second-order valence-corrected chi connectivity index (χ2v) is 4.88. The highest BCUT2D eigenvalue weighted by molar-refractivity contribution is 5.00. The van der Waals surface area contributed by atoms with Crippen molar-refractivity contribution in [1.82, 2.24) is 10.2 Å². The van der Waals surface area contributed by atoms with Gasteiger partial charge in [-0.3, -0.25) is 4.90 Å². The van der Waals surface area contributed by atoms with Crippen LogP contribution in [0.5, 0.6) is 0 Å². The SMILES string of the molecule is CN1CCCCC2NCCC[C@@]21C. The van der Waals surface area contributed by atoms with Crippen LogP contribution in [0, 0.1) is 0 Å². The number of piperidine rings is 1. The van der Waals surface area contributed by atoms with E-state index in [9.17, 15) is 0 Å². The topological polar surface area (TPSA) is 15.3 Å². The maximum Gasteiger partial charge on any atom is 0.0331 e. The van der Waals surface area contributed by atoms with Gasteiger partial charge in [-0.15, -0.1) is 0 Å². The molecule has 1 unspecified atom stereocenters. The van der Waals surface area contributed by atoms with Crippen LogP contribution in [0.2, 0.25) is 0 Å². The Hall–Kier alpha value is -0.0800. The number of fused-ring (bicyclic) bond motifs is 1. The minimum atomic E-state index is 0.439. The second kappa shape index (κ2) is 3.58. The first-order chi connectivity index (χ1) is 6.23. The van der Waals surface area contributed by atoms with Crippen molar-refractivity contribution in [3.05, 3.63) is 0 Å². The average Bonchev–Trinajstić information content (AvgIpc) is 2.27. The fraction of sp³-hybridized carbons (Fsp3) is 1.00. The lowest BCUT2D eigenvalue weighted by Crippen LogP contribution is -2.60. The zero-order chi connectivity index (χ0) is 9.31. The maximum atomic E-state index is 3.69. The number of hydrogen-bond donors (Lipinski definition) is 1. The average molecular weight is 182 g/mol. The molecule has 0 bridgehead atoms. The molecule has 2 atom stereocenters. The molecule has 0 aromatic carbocycles. The molecule has 0 aromatic heterocycles. The van der Waals surface area contributed by atoms with E-state index >= 15 is 0 Å². The Labute approximate surface area is 81.7 Å². The molecule has 2 rings (SSSR count). The third-order valence-electron chi connectivity index (χ3n) is 4.11. The van der Waals surface area contributed by atoms with Crippen molar-refractivity contribution in [1.29, 1.82) is 0 Å². The second-order valence-electron chi connectivity index (χ2n) is 4.88. The van der Waals surface area contributed by atoms with Gasteiger partial charge in [0.25, 0.3) is 0 Å². The fourth-order valence-corrected chi connectivity index (χ4v) is 2.94. The molecule has 76 valence electrons. The van der Waals surface area contributed by atoms with E-state index in [2.05, 4.69) is 24.2 Å². The highest BCUT2D eigenvalue weighted by atomic mass is 15.2. The van der Waals surface area contributed by atoms with Gasteiger partial charge in [0.05, 0.1) is 0 Å². The number of likely N-dealkylation sites (N-methyl/N-ethyl adjacent to an activating group) is 1. The van der Waals surface area contributed by atoms with Crippen molar-refractivity contribution in [3.63, 3.8) is 0 Å². The van der Waals surface area contributed by atoms with Gasteiger partial charge in [0.1, 0.15) is 0 Å². The van der Waals surface area contributed by atoms with E-state index in [1.165, 1.54) is 45.2 Å². The number of likely N-dealkylation sites (tertiary alicyclic amines) is 1. The molecule has 2 heterocycles. The monoisotopic (exact) mass is 182 g/mol. The molecule has 2 saturated heterocycles. The largest absolute Gasteiger partial charge is 0.312 e. The van der Waals surface area contributed by atoms with Gasteiger partial charge in [0.2, 0.25) is 0 Å². The summed E-state index contributed by atoms with van der Waals surface area (Å²) in [5, 5.41) is 3.69. The molecule has 2 fully saturated rings. The number of rotatable bonds is 0. The van der Waals surface area contributed by atoms with Crippen molar-refractivity contribution < 1.29 is 0 Å². The smallest absolute Gasteiger partial charge is 0.0331 e. The molecule has 0 aromatic rings. The quantitative estimate of drug-likeness (QED) is 0.612. The van der Waals surface area contributed by atoms with Crippen LogP contribution in [0.1, 0.15) is 39.0 Å². The van der Waals surface area contributed by atoms with Crippen LogP contribution in [0.15, 0.2) is 0 Å². The van der Waals surface area contributed by atoms with Crippen LogP contribution in [0.25, 0.3) is 0 Å². The zero-order valence-corrected chi connectivity index (χ0v) is 8.97. The third-order valence-corrected chi connectivity index (χ3v) is 4.11. The zero-order valence-electron chi connectivity index (χ0n) is 8.97. The van der Waals surface area contributed by atoms with Crippen molar-refractivity contribution >= 4 is 0 Å². The Morgan fingerprint density at radius 2 is 2.15 bits per heavy atom. The molecule has 1 N–H and O–H groups in total. The Bertz CT molecular complexity index is 181. The highest BCUT2D eigenvalue weighted by Gasteiger charge is 2.40. The standard InChI is InChI=1S/C11H22N2/c1-11-7-5-8-12-10(11)6-3-4-9-13(11)2/h10,12H,3-9H2,1-2H3/t10?,11-/m0/s1. The lowest BCUT2D eigenvalue weighted by atomic mass is 9.81. The summed E-state index contributed by atoms with van der Waals surface area (Å²) in [6.45, 7) is 4.96. The Morgan fingerprint density at radius 3 is 3.00 bits per heavy atom. The molecule has 0 spiro atoms. The first-order valence-electron chi connectivity index (χ1n) is 5.68. The van der Waals surface area contributed by atoms with Crippen LogP contribution in [-0.4, -0.2) is 36.6 Å². The molecular weight excluding hydrogens is 160 g/mol. The summed E-state index contributed by atoms with van der Waals surface area (Å²) in [6, 6.07) is 0.744. The van der Waals surface area contributed by atoms with Gasteiger partial charge in [-0.25, -0.2) is 0 Å². The van der Waals surface area contributed by atoms with E-state index in [1.54, 1.807) is 0 Å². The van der Waals surface area contributed by atoms with Crippen molar-refractivity contribution in [2.45, 2.75) is 50.6 Å². The lowest BCUT2D eigenvalue weighted by molar-refractivity contribution is 0.0718. The minimum Gasteiger partial charge on any atom is -0.312 e. The molecule has 2 aliphatic heterocycles. The predicted molar refractivity (Wildman–Crippen MR) is 55.9 cm³/mol. The van der Waals surface area contributed by atoms with Crippen LogP contribution < -0.4 is 5.32 Å². The maximum absolute atomic E-state index is 3.69. The van der Waals surface area contributed by atoms with Gasteiger partial charge in [-0.05, 0) is 52.7 Å². The molecule has 0 radical (unpaired) electrons. The Morgan fingerprint density at radius 1 is 1.31 bits per heavy atom. The summed E-state index contributed by atoms with van der Waals surface area (Å²) >= 11 is 0. The van der Waals surface area contributed by atoms with Gasteiger partial charge in [0, 0.05) is 11.6 Å². The number of hydrogen-bond acceptors (Lipinski definition) is 2. The van der Waals surface area contributed by atoms with Crippen LogP contribution in [0.3, 0.4) is 0 Å². The van der Waals surface area contributed by atoms with E-state index in [0.29, 0.717) is 5.54 Å². The Kier molecular flexibility index (Phi) is 2.61. The Balaban J connectivity index is 2.16.